The molecule has 0 aliphatic heterocycles. The van der Waals surface area contributed by atoms with Crippen LogP contribution in [0, 0.1) is 0 Å². The predicted molar refractivity (Wildman–Crippen MR) is 98.4 cm³/mol. The second-order valence-electron chi connectivity index (χ2n) is 7.88. The van der Waals surface area contributed by atoms with Crippen molar-refractivity contribution in [2.45, 2.75) is 65.1 Å². The molecule has 1 nitrogen and oxygen atoms in total. The molecule has 0 unspecified atom stereocenters. The minimum Gasteiger partial charge on any atom is -0.543 e. The van der Waals surface area contributed by atoms with Gasteiger partial charge in [0.15, 0.2) is 0 Å². The zero-order valence-electron chi connectivity index (χ0n) is 13.8. The summed E-state index contributed by atoms with van der Waals surface area (Å²) in [7, 11) is -1.85. The summed E-state index contributed by atoms with van der Waals surface area (Å²) in [5.41, 5.74) is 1.29. The molecule has 0 radical (unpaired) electrons. The van der Waals surface area contributed by atoms with Gasteiger partial charge in [-0.2, -0.15) is 0 Å². The zero-order chi connectivity index (χ0) is 15.9. The van der Waals surface area contributed by atoms with E-state index in [9.17, 15) is 0 Å². The van der Waals surface area contributed by atoms with E-state index in [-0.39, 0.29) is 10.5 Å². The molecule has 0 aliphatic carbocycles. The summed E-state index contributed by atoms with van der Waals surface area (Å²) in [6, 6.07) is 4.24. The molecule has 0 saturated carbocycles. The first-order valence-corrected chi connectivity index (χ1v) is 11.4. The Morgan fingerprint density at radius 1 is 0.950 bits per heavy atom. The Balaban J connectivity index is 3.39. The van der Waals surface area contributed by atoms with Gasteiger partial charge < -0.3 is 4.43 Å². The van der Waals surface area contributed by atoms with Crippen LogP contribution in [0.4, 0.5) is 0 Å². The first kappa shape index (κ1) is 18.2. The van der Waals surface area contributed by atoms with Gasteiger partial charge >= 0.3 is 0 Å². The maximum atomic E-state index is 6.58. The highest BCUT2D eigenvalue weighted by molar-refractivity contribution is 9.11. The minimum absolute atomic E-state index is 0.0456. The lowest BCUT2D eigenvalue weighted by Gasteiger charge is -2.38. The normalized spacial score (nSPS) is 13.5. The van der Waals surface area contributed by atoms with E-state index in [1.54, 1.807) is 0 Å². The average Bonchev–Trinajstić information content (AvgIpc) is 2.18. The van der Waals surface area contributed by atoms with Crippen LogP contribution in [0.2, 0.25) is 18.1 Å². The van der Waals surface area contributed by atoms with Crippen LogP contribution in [-0.2, 0) is 5.41 Å². The lowest BCUT2D eigenvalue weighted by molar-refractivity contribution is 0.465. The number of hydrogen-bond donors (Lipinski definition) is 0. The van der Waals surface area contributed by atoms with Crippen LogP contribution < -0.4 is 4.43 Å². The molecule has 0 heterocycles. The molecule has 114 valence electrons. The number of rotatable bonds is 2. The van der Waals surface area contributed by atoms with E-state index in [1.807, 2.05) is 0 Å². The highest BCUT2D eigenvalue weighted by Gasteiger charge is 2.40. The molecule has 0 amide bonds. The Hall–Kier alpha value is 0.197. The average molecular weight is 422 g/mol. The molecular formula is C16H26Br2OSi. The fraction of sp³-hybridized carbons (Fsp3) is 0.625. The standard InChI is InChI=1S/C16H26Br2OSi/c1-15(2,3)12-9-11(17)10-13(18)14(12)19-20(7,8)16(4,5)6/h9-10H,1-8H3. The molecule has 0 aromatic heterocycles. The summed E-state index contributed by atoms with van der Waals surface area (Å²) in [5, 5.41) is 0.189. The molecule has 1 rings (SSSR count). The third kappa shape index (κ3) is 4.11. The van der Waals surface area contributed by atoms with Crippen molar-refractivity contribution in [3.05, 3.63) is 26.6 Å². The van der Waals surface area contributed by atoms with Crippen LogP contribution in [0.5, 0.6) is 5.75 Å². The summed E-state index contributed by atoms with van der Waals surface area (Å²) in [5.74, 6) is 1.01. The molecule has 0 aliphatic rings. The summed E-state index contributed by atoms with van der Waals surface area (Å²) in [4.78, 5) is 0. The molecule has 0 fully saturated rings. The van der Waals surface area contributed by atoms with Gasteiger partial charge in [0.05, 0.1) is 4.47 Å². The minimum atomic E-state index is -1.85. The molecule has 0 N–H and O–H groups in total. The van der Waals surface area contributed by atoms with Gasteiger partial charge in [-0.05, 0) is 51.6 Å². The van der Waals surface area contributed by atoms with E-state index in [4.69, 9.17) is 4.43 Å². The van der Waals surface area contributed by atoms with Crippen molar-refractivity contribution in [1.82, 2.24) is 0 Å². The van der Waals surface area contributed by atoms with Gasteiger partial charge in [-0.15, -0.1) is 0 Å². The summed E-state index contributed by atoms with van der Waals surface area (Å²) < 4.78 is 8.69. The Labute approximate surface area is 141 Å². The van der Waals surface area contributed by atoms with Crippen molar-refractivity contribution in [2.75, 3.05) is 0 Å². The van der Waals surface area contributed by atoms with Gasteiger partial charge in [0.2, 0.25) is 0 Å². The van der Waals surface area contributed by atoms with Crippen LogP contribution in [0.1, 0.15) is 47.1 Å². The topological polar surface area (TPSA) is 9.23 Å². The van der Waals surface area contributed by atoms with Crippen molar-refractivity contribution in [3.63, 3.8) is 0 Å². The smallest absolute Gasteiger partial charge is 0.250 e. The maximum absolute atomic E-state index is 6.58. The van der Waals surface area contributed by atoms with E-state index in [0.717, 1.165) is 14.7 Å². The summed E-state index contributed by atoms with van der Waals surface area (Å²) in [6.45, 7) is 18.0. The molecule has 0 bridgehead atoms. The van der Waals surface area contributed by atoms with E-state index in [0.29, 0.717) is 0 Å². The molecule has 0 atom stereocenters. The van der Waals surface area contributed by atoms with E-state index in [2.05, 4.69) is 98.6 Å². The summed E-state index contributed by atoms with van der Waals surface area (Å²) >= 11 is 7.26. The van der Waals surface area contributed by atoms with Gasteiger partial charge in [-0.3, -0.25) is 0 Å². The van der Waals surface area contributed by atoms with Crippen LogP contribution in [-0.4, -0.2) is 8.32 Å². The Kier molecular flexibility index (Phi) is 5.26. The second-order valence-corrected chi connectivity index (χ2v) is 14.4. The Morgan fingerprint density at radius 3 is 1.85 bits per heavy atom. The highest BCUT2D eigenvalue weighted by Crippen LogP contribution is 2.44. The predicted octanol–water partition coefficient (Wildman–Crippen LogP) is 6.89. The highest BCUT2D eigenvalue weighted by atomic mass is 79.9. The van der Waals surface area contributed by atoms with Gasteiger partial charge in [0.1, 0.15) is 5.75 Å². The Morgan fingerprint density at radius 2 is 1.45 bits per heavy atom. The van der Waals surface area contributed by atoms with Crippen LogP contribution in [0.3, 0.4) is 0 Å². The van der Waals surface area contributed by atoms with Gasteiger partial charge in [-0.25, -0.2) is 0 Å². The summed E-state index contributed by atoms with van der Waals surface area (Å²) in [6.07, 6.45) is 0. The van der Waals surface area contributed by atoms with Crippen molar-refractivity contribution >= 4 is 40.2 Å². The van der Waals surface area contributed by atoms with E-state index in [1.165, 1.54) is 5.56 Å². The third-order valence-corrected chi connectivity index (χ3v) is 9.35. The lowest BCUT2D eigenvalue weighted by atomic mass is 9.86. The van der Waals surface area contributed by atoms with E-state index < -0.39 is 8.32 Å². The number of hydrogen-bond acceptors (Lipinski definition) is 1. The fourth-order valence-electron chi connectivity index (χ4n) is 1.63. The molecular weight excluding hydrogens is 396 g/mol. The van der Waals surface area contributed by atoms with Crippen molar-refractivity contribution in [3.8, 4) is 5.75 Å². The number of halogens is 2. The Bertz CT molecular complexity index is 496. The number of benzene rings is 1. The van der Waals surface area contributed by atoms with Gasteiger partial charge in [0.25, 0.3) is 8.32 Å². The van der Waals surface area contributed by atoms with E-state index >= 15 is 0 Å². The first-order chi connectivity index (χ1) is 8.75. The SMILES string of the molecule is CC(C)(C)c1cc(Br)cc(Br)c1O[Si](C)(C)C(C)(C)C. The maximum Gasteiger partial charge on any atom is 0.250 e. The molecule has 1 aromatic rings. The third-order valence-electron chi connectivity index (χ3n) is 3.98. The lowest BCUT2D eigenvalue weighted by Crippen LogP contribution is -2.44. The molecule has 4 heteroatoms. The van der Waals surface area contributed by atoms with Crippen LogP contribution in [0.15, 0.2) is 21.1 Å². The van der Waals surface area contributed by atoms with Gasteiger partial charge in [0, 0.05) is 10.0 Å². The fourth-order valence-corrected chi connectivity index (χ4v) is 4.12. The van der Waals surface area contributed by atoms with Gasteiger partial charge in [-0.1, -0.05) is 57.5 Å². The van der Waals surface area contributed by atoms with Crippen molar-refractivity contribution in [1.29, 1.82) is 0 Å². The molecule has 1 aromatic carbocycles. The molecule has 0 spiro atoms. The zero-order valence-corrected chi connectivity index (χ0v) is 18.0. The van der Waals surface area contributed by atoms with Crippen LogP contribution in [0.25, 0.3) is 0 Å². The quantitative estimate of drug-likeness (QED) is 0.472. The molecule has 20 heavy (non-hydrogen) atoms. The largest absolute Gasteiger partial charge is 0.543 e. The monoisotopic (exact) mass is 420 g/mol. The first-order valence-electron chi connectivity index (χ1n) is 6.94. The van der Waals surface area contributed by atoms with Crippen LogP contribution >= 0.6 is 31.9 Å². The second kappa shape index (κ2) is 5.77. The van der Waals surface area contributed by atoms with Crippen molar-refractivity contribution in [2.24, 2.45) is 0 Å². The molecule has 0 saturated heterocycles. The van der Waals surface area contributed by atoms with Crippen molar-refractivity contribution < 1.29 is 4.43 Å².